The van der Waals surface area contributed by atoms with Gasteiger partial charge in [0, 0.05) is 52.0 Å². The van der Waals surface area contributed by atoms with Gasteiger partial charge < -0.3 is 15.0 Å². The molecule has 0 bridgehead atoms. The smallest absolute Gasteiger partial charge is 0.322 e. The zero-order chi connectivity index (χ0) is 17.2. The topological polar surface area (TPSA) is 82.9 Å². The van der Waals surface area contributed by atoms with Crippen LogP contribution in [-0.2, 0) is 9.53 Å². The second-order valence-corrected chi connectivity index (χ2v) is 6.72. The van der Waals surface area contributed by atoms with Crippen molar-refractivity contribution < 1.29 is 14.3 Å². The third-order valence-electron chi connectivity index (χ3n) is 5.07. The molecule has 0 atom stereocenters. The number of ether oxygens (including phenoxy) is 1. The lowest BCUT2D eigenvalue weighted by atomic mass is 10.1. The predicted octanol–water partition coefficient (Wildman–Crippen LogP) is -0.482. The second kappa shape index (κ2) is 7.01. The molecule has 3 aliphatic heterocycles. The highest BCUT2D eigenvalue weighted by molar-refractivity contribution is 5.93. The minimum absolute atomic E-state index is 0.0547. The van der Waals surface area contributed by atoms with Crippen LogP contribution in [0.1, 0.15) is 12.5 Å². The van der Waals surface area contributed by atoms with Gasteiger partial charge in [-0.05, 0) is 0 Å². The van der Waals surface area contributed by atoms with Gasteiger partial charge in [0.05, 0.1) is 37.6 Å². The molecule has 25 heavy (non-hydrogen) atoms. The lowest BCUT2D eigenvalue weighted by molar-refractivity contribution is -0.130. The van der Waals surface area contributed by atoms with Crippen LogP contribution >= 0.6 is 0 Å². The Morgan fingerprint density at radius 1 is 1.20 bits per heavy atom. The molecule has 0 radical (unpaired) electrons. The second-order valence-electron chi connectivity index (χ2n) is 6.72. The van der Waals surface area contributed by atoms with Crippen LogP contribution in [0.25, 0.3) is 0 Å². The zero-order valence-electron chi connectivity index (χ0n) is 14.3. The summed E-state index contributed by atoms with van der Waals surface area (Å²) in [5.74, 6) is 0.190. The monoisotopic (exact) mass is 348 g/mol. The third-order valence-corrected chi connectivity index (χ3v) is 5.07. The fourth-order valence-corrected chi connectivity index (χ4v) is 3.50. The van der Waals surface area contributed by atoms with Crippen molar-refractivity contribution in [1.82, 2.24) is 24.9 Å². The van der Waals surface area contributed by atoms with Crippen molar-refractivity contribution in [2.24, 2.45) is 0 Å². The number of hydrogen-bond donors (Lipinski definition) is 1. The van der Waals surface area contributed by atoms with Crippen LogP contribution in [0.4, 0.5) is 10.5 Å². The molecule has 1 N–H and O–H groups in total. The molecule has 3 aliphatic rings. The average Bonchev–Trinajstić information content (AvgIpc) is 3.14. The summed E-state index contributed by atoms with van der Waals surface area (Å²) in [6.07, 6.45) is 4.19. The maximum Gasteiger partial charge on any atom is 0.322 e. The molecule has 1 aromatic heterocycles. The number of aromatic nitrogens is 2. The summed E-state index contributed by atoms with van der Waals surface area (Å²) in [5.41, 5.74) is 0.851. The van der Waals surface area contributed by atoms with Crippen LogP contribution < -0.4 is 10.2 Å². The van der Waals surface area contributed by atoms with E-state index in [2.05, 4.69) is 15.3 Å². The van der Waals surface area contributed by atoms with Crippen LogP contribution in [0.2, 0.25) is 0 Å². The molecule has 3 amide bonds. The summed E-state index contributed by atoms with van der Waals surface area (Å²) < 4.78 is 7.30. The van der Waals surface area contributed by atoms with Crippen LogP contribution in [0.5, 0.6) is 0 Å². The molecule has 136 valence electrons. The van der Waals surface area contributed by atoms with Crippen molar-refractivity contribution in [2.75, 3.05) is 63.9 Å². The van der Waals surface area contributed by atoms with Gasteiger partial charge in [-0.1, -0.05) is 0 Å². The van der Waals surface area contributed by atoms with Crippen molar-refractivity contribution >= 4 is 17.6 Å². The molecule has 0 aliphatic carbocycles. The minimum Gasteiger partial charge on any atom is -0.379 e. The normalized spacial score (nSPS) is 22.9. The third kappa shape index (κ3) is 3.47. The Bertz CT molecular complexity index is 642. The van der Waals surface area contributed by atoms with E-state index in [1.165, 1.54) is 0 Å². The fraction of sp³-hybridized carbons (Fsp3) is 0.688. The SMILES string of the molecule is O=C1CCOCCN1CCN1CC(n2cc(N3CCNC3=O)cn2)C1. The minimum atomic E-state index is -0.0547. The van der Waals surface area contributed by atoms with Crippen LogP contribution in [0, 0.1) is 0 Å². The lowest BCUT2D eigenvalue weighted by Gasteiger charge is -2.40. The predicted molar refractivity (Wildman–Crippen MR) is 90.5 cm³/mol. The number of hydrogen-bond acceptors (Lipinski definition) is 5. The Hall–Kier alpha value is -2.13. The van der Waals surface area contributed by atoms with Crippen molar-refractivity contribution in [2.45, 2.75) is 12.5 Å². The Morgan fingerprint density at radius 3 is 2.88 bits per heavy atom. The number of likely N-dealkylation sites (tertiary alicyclic amines) is 1. The summed E-state index contributed by atoms with van der Waals surface area (Å²) >= 11 is 0. The summed E-state index contributed by atoms with van der Waals surface area (Å²) in [6, 6.07) is 0.281. The van der Waals surface area contributed by atoms with Gasteiger partial charge >= 0.3 is 6.03 Å². The molecule has 4 rings (SSSR count). The molecule has 0 aromatic carbocycles. The number of anilines is 1. The summed E-state index contributed by atoms with van der Waals surface area (Å²) in [7, 11) is 0. The first kappa shape index (κ1) is 16.3. The lowest BCUT2D eigenvalue weighted by Crippen LogP contribution is -2.51. The highest BCUT2D eigenvalue weighted by Gasteiger charge is 2.30. The number of carbonyl (C=O) groups excluding carboxylic acids is 2. The molecule has 4 heterocycles. The van der Waals surface area contributed by atoms with E-state index in [4.69, 9.17) is 4.74 Å². The fourth-order valence-electron chi connectivity index (χ4n) is 3.50. The van der Waals surface area contributed by atoms with E-state index < -0.39 is 0 Å². The summed E-state index contributed by atoms with van der Waals surface area (Å²) in [6.45, 7) is 6.72. The Kier molecular flexibility index (Phi) is 4.58. The number of nitrogens with one attached hydrogen (secondary N) is 1. The average molecular weight is 348 g/mol. The molecule has 0 unspecified atom stereocenters. The molecule has 9 heteroatoms. The molecule has 3 fully saturated rings. The molecule has 9 nitrogen and oxygen atoms in total. The van der Waals surface area contributed by atoms with Crippen molar-refractivity contribution in [1.29, 1.82) is 0 Å². The standard InChI is InChI=1S/C16H24N6O3/c23-15-1-7-25-8-6-20(15)5-4-19-10-14(11-19)22-12-13(9-18-22)21-3-2-17-16(21)24/h9,12,14H,1-8,10-11H2,(H,17,24). The van der Waals surface area contributed by atoms with Crippen LogP contribution in [0.15, 0.2) is 12.4 Å². The molecule has 1 aromatic rings. The molecule has 3 saturated heterocycles. The van der Waals surface area contributed by atoms with E-state index in [1.54, 1.807) is 11.1 Å². The van der Waals surface area contributed by atoms with Gasteiger partial charge in [-0.3, -0.25) is 19.3 Å². The molecular weight excluding hydrogens is 324 g/mol. The number of nitrogens with zero attached hydrogens (tertiary/aromatic N) is 5. The highest BCUT2D eigenvalue weighted by atomic mass is 16.5. The van der Waals surface area contributed by atoms with Crippen molar-refractivity contribution in [3.05, 3.63) is 12.4 Å². The molecular formula is C16H24N6O3. The van der Waals surface area contributed by atoms with E-state index in [-0.39, 0.29) is 11.9 Å². The van der Waals surface area contributed by atoms with E-state index in [0.717, 1.165) is 31.9 Å². The van der Waals surface area contributed by atoms with Gasteiger partial charge in [0.2, 0.25) is 5.91 Å². The van der Waals surface area contributed by atoms with Gasteiger partial charge in [0.15, 0.2) is 0 Å². The zero-order valence-corrected chi connectivity index (χ0v) is 14.3. The molecule has 0 spiro atoms. The van der Waals surface area contributed by atoms with E-state index >= 15 is 0 Å². The van der Waals surface area contributed by atoms with Gasteiger partial charge in [-0.2, -0.15) is 5.10 Å². The van der Waals surface area contributed by atoms with E-state index in [0.29, 0.717) is 45.3 Å². The van der Waals surface area contributed by atoms with Gasteiger partial charge in [0.25, 0.3) is 0 Å². The summed E-state index contributed by atoms with van der Waals surface area (Å²) in [4.78, 5) is 29.6. The Labute approximate surface area is 146 Å². The maximum absolute atomic E-state index is 12.0. The van der Waals surface area contributed by atoms with Gasteiger partial charge in [-0.25, -0.2) is 4.79 Å². The largest absolute Gasteiger partial charge is 0.379 e. The number of amides is 3. The Balaban J connectivity index is 1.24. The maximum atomic E-state index is 12.0. The quantitative estimate of drug-likeness (QED) is 0.777. The van der Waals surface area contributed by atoms with E-state index in [1.807, 2.05) is 15.8 Å². The molecule has 0 saturated carbocycles. The Morgan fingerprint density at radius 2 is 2.08 bits per heavy atom. The van der Waals surface area contributed by atoms with Crippen LogP contribution in [-0.4, -0.2) is 90.5 Å². The van der Waals surface area contributed by atoms with E-state index in [9.17, 15) is 9.59 Å². The number of rotatable bonds is 5. The van der Waals surface area contributed by atoms with Gasteiger partial charge in [0.1, 0.15) is 0 Å². The van der Waals surface area contributed by atoms with Crippen LogP contribution in [0.3, 0.4) is 0 Å². The first-order chi connectivity index (χ1) is 12.2. The van der Waals surface area contributed by atoms with Crippen molar-refractivity contribution in [3.8, 4) is 0 Å². The first-order valence-electron chi connectivity index (χ1n) is 8.88. The number of urea groups is 1. The van der Waals surface area contributed by atoms with Crippen molar-refractivity contribution in [3.63, 3.8) is 0 Å². The number of carbonyl (C=O) groups is 2. The first-order valence-corrected chi connectivity index (χ1v) is 8.88. The van der Waals surface area contributed by atoms with Gasteiger partial charge in [-0.15, -0.1) is 0 Å². The highest BCUT2D eigenvalue weighted by Crippen LogP contribution is 2.23. The summed E-state index contributed by atoms with van der Waals surface area (Å²) in [5, 5.41) is 7.21.